The monoisotopic (exact) mass is 346 g/mol. The third kappa shape index (κ3) is 2.89. The number of H-pyrrole nitrogens is 1. The second kappa shape index (κ2) is 5.79. The molecule has 0 spiro atoms. The van der Waals surface area contributed by atoms with Crippen LogP contribution in [0.2, 0.25) is 0 Å². The summed E-state index contributed by atoms with van der Waals surface area (Å²) in [6.45, 7) is 0. The molecule has 0 bridgehead atoms. The molecule has 1 aromatic heterocycles. The van der Waals surface area contributed by atoms with Crippen LogP contribution in [0.25, 0.3) is 11.4 Å². The fourth-order valence-electron chi connectivity index (χ4n) is 2.09. The van der Waals surface area contributed by atoms with Crippen LogP contribution in [0.5, 0.6) is 0 Å². The number of nitrogens with zero attached hydrogens (tertiary/aromatic N) is 1. The second-order valence-corrected chi connectivity index (χ2v) is 5.47. The van der Waals surface area contributed by atoms with E-state index in [1.165, 1.54) is 12.1 Å². The largest absolute Gasteiger partial charge is 0.382 e. The van der Waals surface area contributed by atoms with E-state index in [0.29, 0.717) is 11.5 Å². The Bertz CT molecular complexity index is 755. The van der Waals surface area contributed by atoms with Crippen molar-refractivity contribution in [3.8, 4) is 11.4 Å². The fraction of sp³-hybridized carbons (Fsp3) is 0.0625. The van der Waals surface area contributed by atoms with Gasteiger partial charge in [-0.3, -0.25) is 0 Å². The maximum absolute atomic E-state index is 12.9. The molecule has 0 aliphatic carbocycles. The second-order valence-electron chi connectivity index (χ2n) is 4.62. The standard InChI is InChI=1S/C16H12BrFN2O/c17-13-4-2-1-3-12(13)15(21)14-9-19-16(20-14)10-5-7-11(18)8-6-10/h1-9,15,21H,(H,19,20). The van der Waals surface area contributed by atoms with Crippen LogP contribution in [0.3, 0.4) is 0 Å². The molecular weight excluding hydrogens is 335 g/mol. The minimum absolute atomic E-state index is 0.293. The van der Waals surface area contributed by atoms with E-state index in [1.54, 1.807) is 18.3 Å². The van der Waals surface area contributed by atoms with Gasteiger partial charge in [0.25, 0.3) is 0 Å². The Kier molecular flexibility index (Phi) is 3.86. The molecule has 21 heavy (non-hydrogen) atoms. The average molecular weight is 347 g/mol. The third-order valence-electron chi connectivity index (χ3n) is 3.21. The first-order chi connectivity index (χ1) is 10.1. The number of nitrogens with one attached hydrogen (secondary N) is 1. The lowest BCUT2D eigenvalue weighted by atomic mass is 10.1. The smallest absolute Gasteiger partial charge is 0.137 e. The van der Waals surface area contributed by atoms with Gasteiger partial charge in [-0.05, 0) is 30.3 Å². The lowest BCUT2D eigenvalue weighted by Gasteiger charge is -2.10. The van der Waals surface area contributed by atoms with Gasteiger partial charge in [0.05, 0.1) is 11.9 Å². The Morgan fingerprint density at radius 2 is 1.81 bits per heavy atom. The molecule has 106 valence electrons. The van der Waals surface area contributed by atoms with Crippen LogP contribution >= 0.6 is 15.9 Å². The van der Waals surface area contributed by atoms with Crippen molar-refractivity contribution in [2.75, 3.05) is 0 Å². The summed E-state index contributed by atoms with van der Waals surface area (Å²) >= 11 is 3.42. The maximum Gasteiger partial charge on any atom is 0.137 e. The molecule has 0 saturated heterocycles. The normalized spacial score (nSPS) is 12.3. The molecule has 2 N–H and O–H groups in total. The number of aromatic amines is 1. The van der Waals surface area contributed by atoms with Crippen molar-refractivity contribution in [1.82, 2.24) is 9.97 Å². The van der Waals surface area contributed by atoms with Crippen molar-refractivity contribution < 1.29 is 9.50 Å². The van der Waals surface area contributed by atoms with Crippen LogP contribution in [0.4, 0.5) is 4.39 Å². The Balaban J connectivity index is 1.91. The number of imidazole rings is 1. The van der Waals surface area contributed by atoms with Crippen LogP contribution < -0.4 is 0 Å². The number of benzene rings is 2. The lowest BCUT2D eigenvalue weighted by Crippen LogP contribution is -2.00. The van der Waals surface area contributed by atoms with Crippen molar-refractivity contribution in [1.29, 1.82) is 0 Å². The van der Waals surface area contributed by atoms with E-state index in [0.717, 1.165) is 15.6 Å². The number of halogens is 2. The van der Waals surface area contributed by atoms with Gasteiger partial charge in [-0.15, -0.1) is 0 Å². The summed E-state index contributed by atoms with van der Waals surface area (Å²) in [4.78, 5) is 7.31. The lowest BCUT2D eigenvalue weighted by molar-refractivity contribution is 0.215. The Labute approximate surface area is 129 Å². The molecule has 1 heterocycles. The summed E-state index contributed by atoms with van der Waals surface area (Å²) < 4.78 is 13.8. The van der Waals surface area contributed by atoms with Gasteiger partial charge in [-0.2, -0.15) is 0 Å². The van der Waals surface area contributed by atoms with Crippen LogP contribution in [-0.2, 0) is 0 Å². The van der Waals surface area contributed by atoms with E-state index < -0.39 is 6.10 Å². The van der Waals surface area contributed by atoms with Crippen molar-refractivity contribution in [2.45, 2.75) is 6.10 Å². The zero-order valence-corrected chi connectivity index (χ0v) is 12.5. The molecule has 3 nitrogen and oxygen atoms in total. The topological polar surface area (TPSA) is 48.9 Å². The predicted octanol–water partition coefficient (Wildman–Crippen LogP) is 4.06. The summed E-state index contributed by atoms with van der Waals surface area (Å²) in [6, 6.07) is 13.5. The van der Waals surface area contributed by atoms with E-state index in [2.05, 4.69) is 25.9 Å². The van der Waals surface area contributed by atoms with Gasteiger partial charge in [0, 0.05) is 15.6 Å². The zero-order chi connectivity index (χ0) is 14.8. The minimum atomic E-state index is -0.803. The molecule has 2 aromatic carbocycles. The van der Waals surface area contributed by atoms with Crippen molar-refractivity contribution in [2.24, 2.45) is 0 Å². The molecule has 0 radical (unpaired) electrons. The van der Waals surface area contributed by atoms with Crippen molar-refractivity contribution >= 4 is 15.9 Å². The SMILES string of the molecule is OC(c1cnc(-c2ccc(F)cc2)[nH]1)c1ccccc1Br. The van der Waals surface area contributed by atoms with Gasteiger partial charge in [0.15, 0.2) is 0 Å². The summed E-state index contributed by atoms with van der Waals surface area (Å²) in [5.41, 5.74) is 2.11. The number of rotatable bonds is 3. The summed E-state index contributed by atoms with van der Waals surface area (Å²) in [7, 11) is 0. The first-order valence-corrected chi connectivity index (χ1v) is 7.18. The zero-order valence-electron chi connectivity index (χ0n) is 10.9. The van der Waals surface area contributed by atoms with Gasteiger partial charge in [0.2, 0.25) is 0 Å². The van der Waals surface area contributed by atoms with Gasteiger partial charge in [-0.25, -0.2) is 9.37 Å². The molecule has 1 atom stereocenters. The van der Waals surface area contributed by atoms with E-state index in [1.807, 2.05) is 24.3 Å². The first kappa shape index (κ1) is 14.0. The Morgan fingerprint density at radius 1 is 1.10 bits per heavy atom. The van der Waals surface area contributed by atoms with Gasteiger partial charge >= 0.3 is 0 Å². The van der Waals surface area contributed by atoms with Crippen molar-refractivity contribution in [3.63, 3.8) is 0 Å². The van der Waals surface area contributed by atoms with E-state index in [9.17, 15) is 9.50 Å². The summed E-state index contributed by atoms with van der Waals surface area (Å²) in [6.07, 6.45) is 0.783. The van der Waals surface area contributed by atoms with Crippen LogP contribution in [0.15, 0.2) is 59.2 Å². The van der Waals surface area contributed by atoms with E-state index >= 15 is 0 Å². The van der Waals surface area contributed by atoms with Crippen LogP contribution in [-0.4, -0.2) is 15.1 Å². The third-order valence-corrected chi connectivity index (χ3v) is 3.93. The molecule has 0 fully saturated rings. The molecule has 5 heteroatoms. The van der Waals surface area contributed by atoms with Crippen molar-refractivity contribution in [3.05, 3.63) is 76.3 Å². The minimum Gasteiger partial charge on any atom is -0.382 e. The fourth-order valence-corrected chi connectivity index (χ4v) is 2.59. The highest BCUT2D eigenvalue weighted by Gasteiger charge is 2.16. The summed E-state index contributed by atoms with van der Waals surface area (Å²) in [5, 5.41) is 10.4. The maximum atomic E-state index is 12.9. The molecule has 1 unspecified atom stereocenters. The molecule has 0 aliphatic heterocycles. The molecule has 0 saturated carbocycles. The summed E-state index contributed by atoms with van der Waals surface area (Å²) in [5.74, 6) is 0.301. The number of aliphatic hydroxyl groups is 1. The van der Waals surface area contributed by atoms with Crippen LogP contribution in [0, 0.1) is 5.82 Å². The van der Waals surface area contributed by atoms with Gasteiger partial charge in [-0.1, -0.05) is 34.1 Å². The number of aromatic nitrogens is 2. The molecule has 3 rings (SSSR count). The van der Waals surface area contributed by atoms with E-state index in [-0.39, 0.29) is 5.82 Å². The first-order valence-electron chi connectivity index (χ1n) is 6.38. The van der Waals surface area contributed by atoms with Gasteiger partial charge < -0.3 is 10.1 Å². The molecule has 3 aromatic rings. The molecule has 0 aliphatic rings. The van der Waals surface area contributed by atoms with E-state index in [4.69, 9.17) is 0 Å². The Morgan fingerprint density at radius 3 is 2.52 bits per heavy atom. The quantitative estimate of drug-likeness (QED) is 0.751. The number of hydrogen-bond acceptors (Lipinski definition) is 2. The highest BCUT2D eigenvalue weighted by molar-refractivity contribution is 9.10. The average Bonchev–Trinajstić information content (AvgIpc) is 2.98. The van der Waals surface area contributed by atoms with Crippen LogP contribution in [0.1, 0.15) is 17.4 Å². The highest BCUT2D eigenvalue weighted by Crippen LogP contribution is 2.28. The molecular formula is C16H12BrFN2O. The predicted molar refractivity (Wildman–Crippen MR) is 82.2 cm³/mol. The number of hydrogen-bond donors (Lipinski definition) is 2. The molecule has 0 amide bonds. The van der Waals surface area contributed by atoms with Gasteiger partial charge in [0.1, 0.15) is 17.7 Å². The number of aliphatic hydroxyl groups excluding tert-OH is 1. The highest BCUT2D eigenvalue weighted by atomic mass is 79.9. The Hall–Kier alpha value is -1.98.